The Morgan fingerprint density at radius 3 is 2.11 bits per heavy atom. The van der Waals surface area contributed by atoms with Crippen molar-refractivity contribution in [3.8, 4) is 17.2 Å². The number of rotatable bonds is 4. The standard InChI is InChI=1S/C15H13ClO3/c1-10(17)14-8-7-13(9-15(14)16)19-12-5-3-11(18-2)4-6-12/h3-9H,1-2H3. The van der Waals surface area contributed by atoms with Crippen LogP contribution in [0.25, 0.3) is 0 Å². The van der Waals surface area contributed by atoms with E-state index >= 15 is 0 Å². The van der Waals surface area contributed by atoms with Gasteiger partial charge in [-0.25, -0.2) is 0 Å². The molecule has 2 aromatic carbocycles. The lowest BCUT2D eigenvalue weighted by Gasteiger charge is -2.08. The maximum absolute atomic E-state index is 11.3. The van der Waals surface area contributed by atoms with E-state index in [-0.39, 0.29) is 5.78 Å². The molecule has 98 valence electrons. The minimum absolute atomic E-state index is 0.0685. The van der Waals surface area contributed by atoms with Gasteiger partial charge in [0.25, 0.3) is 0 Å². The summed E-state index contributed by atoms with van der Waals surface area (Å²) >= 11 is 6.02. The van der Waals surface area contributed by atoms with Gasteiger partial charge in [-0.05, 0) is 43.3 Å². The number of halogens is 1. The van der Waals surface area contributed by atoms with E-state index in [0.717, 1.165) is 5.75 Å². The molecule has 0 saturated heterocycles. The first kappa shape index (κ1) is 13.4. The van der Waals surface area contributed by atoms with Crippen LogP contribution in [-0.2, 0) is 0 Å². The molecule has 0 atom stereocenters. The summed E-state index contributed by atoms with van der Waals surface area (Å²) in [6.45, 7) is 1.48. The quantitative estimate of drug-likeness (QED) is 0.779. The molecule has 0 aromatic heterocycles. The zero-order valence-corrected chi connectivity index (χ0v) is 11.4. The number of carbonyl (C=O) groups excluding carboxylic acids is 1. The fourth-order valence-electron chi connectivity index (χ4n) is 1.62. The molecule has 2 rings (SSSR count). The van der Waals surface area contributed by atoms with Gasteiger partial charge < -0.3 is 9.47 Å². The highest BCUT2D eigenvalue weighted by Gasteiger charge is 2.07. The van der Waals surface area contributed by atoms with Gasteiger partial charge >= 0.3 is 0 Å². The van der Waals surface area contributed by atoms with Gasteiger partial charge in [-0.1, -0.05) is 11.6 Å². The lowest BCUT2D eigenvalue weighted by atomic mass is 10.1. The summed E-state index contributed by atoms with van der Waals surface area (Å²) in [5.74, 6) is 1.95. The van der Waals surface area contributed by atoms with E-state index in [1.807, 2.05) is 0 Å². The monoisotopic (exact) mass is 276 g/mol. The molecule has 0 fully saturated rings. The maximum Gasteiger partial charge on any atom is 0.161 e. The Bertz CT molecular complexity index is 591. The molecule has 0 heterocycles. The number of methoxy groups -OCH3 is 1. The highest BCUT2D eigenvalue weighted by molar-refractivity contribution is 6.34. The molecule has 2 aromatic rings. The van der Waals surface area contributed by atoms with E-state index < -0.39 is 0 Å². The number of carbonyl (C=O) groups is 1. The maximum atomic E-state index is 11.3. The second-order valence-corrected chi connectivity index (χ2v) is 4.38. The Hall–Kier alpha value is -2.00. The van der Waals surface area contributed by atoms with Crippen molar-refractivity contribution in [2.45, 2.75) is 6.92 Å². The van der Waals surface area contributed by atoms with Crippen molar-refractivity contribution in [2.24, 2.45) is 0 Å². The highest BCUT2D eigenvalue weighted by atomic mass is 35.5. The van der Waals surface area contributed by atoms with Crippen LogP contribution in [0, 0.1) is 0 Å². The molecule has 0 amide bonds. The average Bonchev–Trinajstić information content (AvgIpc) is 2.39. The Balaban J connectivity index is 2.18. The third-order valence-electron chi connectivity index (χ3n) is 2.61. The molecule has 0 aliphatic heterocycles. The molecule has 19 heavy (non-hydrogen) atoms. The summed E-state index contributed by atoms with van der Waals surface area (Å²) in [4.78, 5) is 11.3. The van der Waals surface area contributed by atoms with Crippen LogP contribution >= 0.6 is 11.6 Å². The Morgan fingerprint density at radius 2 is 1.58 bits per heavy atom. The van der Waals surface area contributed by atoms with Crippen molar-refractivity contribution >= 4 is 17.4 Å². The van der Waals surface area contributed by atoms with Crippen LogP contribution in [-0.4, -0.2) is 12.9 Å². The SMILES string of the molecule is COc1ccc(Oc2ccc(C(C)=O)c(Cl)c2)cc1. The van der Waals surface area contributed by atoms with Crippen LogP contribution < -0.4 is 9.47 Å². The van der Waals surface area contributed by atoms with Gasteiger partial charge in [-0.15, -0.1) is 0 Å². The third-order valence-corrected chi connectivity index (χ3v) is 2.93. The molecular formula is C15H13ClO3. The molecule has 0 bridgehead atoms. The van der Waals surface area contributed by atoms with Crippen LogP contribution in [0.2, 0.25) is 5.02 Å². The Labute approximate surface area is 116 Å². The van der Waals surface area contributed by atoms with Crippen LogP contribution in [0.1, 0.15) is 17.3 Å². The highest BCUT2D eigenvalue weighted by Crippen LogP contribution is 2.28. The largest absolute Gasteiger partial charge is 0.497 e. The number of hydrogen-bond donors (Lipinski definition) is 0. The van der Waals surface area contributed by atoms with Crippen LogP contribution in [0.15, 0.2) is 42.5 Å². The topological polar surface area (TPSA) is 35.5 Å². The average molecular weight is 277 g/mol. The first-order valence-corrected chi connectivity index (χ1v) is 6.10. The number of Topliss-reactive ketones (excluding diaryl/α,β-unsaturated/α-hetero) is 1. The molecule has 0 spiro atoms. The number of hydrogen-bond acceptors (Lipinski definition) is 3. The summed E-state index contributed by atoms with van der Waals surface area (Å²) in [6.07, 6.45) is 0. The third kappa shape index (κ3) is 3.26. The fourth-order valence-corrected chi connectivity index (χ4v) is 1.93. The van der Waals surface area contributed by atoms with E-state index in [1.165, 1.54) is 6.92 Å². The van der Waals surface area contributed by atoms with Crippen molar-refractivity contribution in [1.29, 1.82) is 0 Å². The summed E-state index contributed by atoms with van der Waals surface area (Å²) in [6, 6.07) is 12.2. The molecule has 0 saturated carbocycles. The number of ether oxygens (including phenoxy) is 2. The molecule has 0 aliphatic rings. The summed E-state index contributed by atoms with van der Waals surface area (Å²) in [5, 5.41) is 0.388. The van der Waals surface area contributed by atoms with E-state index in [2.05, 4.69) is 0 Å². The zero-order valence-electron chi connectivity index (χ0n) is 10.6. The molecular weight excluding hydrogens is 264 g/mol. The van der Waals surface area contributed by atoms with Gasteiger partial charge in [0.15, 0.2) is 5.78 Å². The molecule has 4 heteroatoms. The lowest BCUT2D eigenvalue weighted by Crippen LogP contribution is -1.93. The number of benzene rings is 2. The Kier molecular flexibility index (Phi) is 4.07. The van der Waals surface area contributed by atoms with Gasteiger partial charge in [0.1, 0.15) is 17.2 Å². The van der Waals surface area contributed by atoms with E-state index in [4.69, 9.17) is 21.1 Å². The molecule has 3 nitrogen and oxygen atoms in total. The van der Waals surface area contributed by atoms with Crippen LogP contribution in [0.3, 0.4) is 0 Å². The first-order valence-electron chi connectivity index (χ1n) is 5.72. The van der Waals surface area contributed by atoms with Gasteiger partial charge in [-0.3, -0.25) is 4.79 Å². The van der Waals surface area contributed by atoms with E-state index in [9.17, 15) is 4.79 Å². The van der Waals surface area contributed by atoms with E-state index in [0.29, 0.717) is 22.1 Å². The molecule has 0 radical (unpaired) electrons. The Morgan fingerprint density at radius 1 is 1.00 bits per heavy atom. The minimum atomic E-state index is -0.0685. The predicted octanol–water partition coefficient (Wildman–Crippen LogP) is 4.34. The van der Waals surface area contributed by atoms with Crippen LogP contribution in [0.5, 0.6) is 17.2 Å². The van der Waals surface area contributed by atoms with Crippen molar-refractivity contribution in [3.05, 3.63) is 53.1 Å². The fraction of sp³-hybridized carbons (Fsp3) is 0.133. The zero-order chi connectivity index (χ0) is 13.8. The summed E-state index contributed by atoms with van der Waals surface area (Å²) in [7, 11) is 1.61. The van der Waals surface area contributed by atoms with Crippen molar-refractivity contribution in [3.63, 3.8) is 0 Å². The van der Waals surface area contributed by atoms with E-state index in [1.54, 1.807) is 49.6 Å². The van der Waals surface area contributed by atoms with Gasteiger partial charge in [0.05, 0.1) is 12.1 Å². The summed E-state index contributed by atoms with van der Waals surface area (Å²) < 4.78 is 10.7. The smallest absolute Gasteiger partial charge is 0.161 e. The predicted molar refractivity (Wildman–Crippen MR) is 74.5 cm³/mol. The summed E-state index contributed by atoms with van der Waals surface area (Å²) in [5.41, 5.74) is 0.490. The van der Waals surface area contributed by atoms with Crippen molar-refractivity contribution in [1.82, 2.24) is 0 Å². The molecule has 0 aliphatic carbocycles. The van der Waals surface area contributed by atoms with Gasteiger partial charge in [-0.2, -0.15) is 0 Å². The lowest BCUT2D eigenvalue weighted by molar-refractivity contribution is 0.101. The van der Waals surface area contributed by atoms with Crippen molar-refractivity contribution in [2.75, 3.05) is 7.11 Å². The molecule has 0 unspecified atom stereocenters. The van der Waals surface area contributed by atoms with Crippen LogP contribution in [0.4, 0.5) is 0 Å². The van der Waals surface area contributed by atoms with Gasteiger partial charge in [0.2, 0.25) is 0 Å². The van der Waals surface area contributed by atoms with Gasteiger partial charge in [0, 0.05) is 11.6 Å². The minimum Gasteiger partial charge on any atom is -0.497 e. The van der Waals surface area contributed by atoms with Crippen molar-refractivity contribution < 1.29 is 14.3 Å². The second-order valence-electron chi connectivity index (χ2n) is 3.98. The normalized spacial score (nSPS) is 10.1. The number of ketones is 1. The molecule has 0 N–H and O–H groups in total. The second kappa shape index (κ2) is 5.76. The first-order chi connectivity index (χ1) is 9.10.